The Bertz CT molecular complexity index is 160. The van der Waals surface area contributed by atoms with Crippen molar-refractivity contribution >= 4 is 12.4 Å². The molecule has 0 aliphatic heterocycles. The first-order chi connectivity index (χ1) is 4.88. The summed E-state index contributed by atoms with van der Waals surface area (Å²) in [6.07, 6.45) is 7.13. The van der Waals surface area contributed by atoms with E-state index in [4.69, 9.17) is 10.8 Å². The Labute approximate surface area is 61.0 Å². The highest BCUT2D eigenvalue weighted by Crippen LogP contribution is 2.21. The summed E-state index contributed by atoms with van der Waals surface area (Å²) in [7, 11) is 0. The third-order valence-corrected chi connectivity index (χ3v) is 1.90. The largest absolute Gasteiger partial charge is 0.308 e. The van der Waals surface area contributed by atoms with Crippen molar-refractivity contribution in [2.24, 2.45) is 0 Å². The Balaban J connectivity index is 2.81. The summed E-state index contributed by atoms with van der Waals surface area (Å²) in [4.78, 5) is 0. The summed E-state index contributed by atoms with van der Waals surface area (Å²) in [6, 6.07) is 0. The standard InChI is InChI=1S/C8H12N2/c9-5-7-3-1-2-4-8(7)6-10/h5-6,9-10H,1-4H2. The van der Waals surface area contributed by atoms with Gasteiger partial charge in [-0.2, -0.15) is 0 Å². The molecule has 1 aliphatic rings. The predicted molar refractivity (Wildman–Crippen MR) is 43.1 cm³/mol. The third-order valence-electron chi connectivity index (χ3n) is 1.90. The van der Waals surface area contributed by atoms with Crippen molar-refractivity contribution in [1.82, 2.24) is 0 Å². The maximum absolute atomic E-state index is 7.04. The SMILES string of the molecule is N=CC1=C(C=N)CCCC1. The molecule has 0 atom stereocenters. The summed E-state index contributed by atoms with van der Waals surface area (Å²) in [5.74, 6) is 0. The molecule has 2 nitrogen and oxygen atoms in total. The van der Waals surface area contributed by atoms with Gasteiger partial charge in [0.2, 0.25) is 0 Å². The molecule has 0 unspecified atom stereocenters. The van der Waals surface area contributed by atoms with Crippen LogP contribution in [-0.2, 0) is 0 Å². The van der Waals surface area contributed by atoms with Crippen LogP contribution in [0, 0.1) is 10.8 Å². The zero-order chi connectivity index (χ0) is 7.40. The van der Waals surface area contributed by atoms with Crippen molar-refractivity contribution in [3.05, 3.63) is 11.1 Å². The fourth-order valence-corrected chi connectivity index (χ4v) is 1.28. The summed E-state index contributed by atoms with van der Waals surface area (Å²) < 4.78 is 0. The molecule has 0 saturated heterocycles. The quantitative estimate of drug-likeness (QED) is 0.546. The molecule has 1 rings (SSSR count). The van der Waals surface area contributed by atoms with Crippen LogP contribution in [0.25, 0.3) is 0 Å². The number of nitrogens with one attached hydrogen (secondary N) is 2. The van der Waals surface area contributed by atoms with Gasteiger partial charge in [-0.25, -0.2) is 0 Å². The predicted octanol–water partition coefficient (Wildman–Crippen LogP) is 2.16. The van der Waals surface area contributed by atoms with Crippen LogP contribution >= 0.6 is 0 Å². The minimum atomic E-state index is 0.994. The molecule has 10 heavy (non-hydrogen) atoms. The van der Waals surface area contributed by atoms with Crippen molar-refractivity contribution in [3.8, 4) is 0 Å². The van der Waals surface area contributed by atoms with E-state index in [0.717, 1.165) is 24.0 Å². The molecule has 0 radical (unpaired) electrons. The second-order valence-electron chi connectivity index (χ2n) is 2.55. The zero-order valence-electron chi connectivity index (χ0n) is 5.98. The molecule has 0 aromatic heterocycles. The molecule has 0 aromatic carbocycles. The van der Waals surface area contributed by atoms with Crippen molar-refractivity contribution < 1.29 is 0 Å². The van der Waals surface area contributed by atoms with Crippen LogP contribution in [0.2, 0.25) is 0 Å². The monoisotopic (exact) mass is 136 g/mol. The van der Waals surface area contributed by atoms with Crippen molar-refractivity contribution in [1.29, 1.82) is 10.8 Å². The molecule has 2 heteroatoms. The molecule has 0 bridgehead atoms. The van der Waals surface area contributed by atoms with Gasteiger partial charge in [0.05, 0.1) is 0 Å². The highest BCUT2D eigenvalue weighted by molar-refractivity contribution is 5.89. The van der Waals surface area contributed by atoms with Gasteiger partial charge in [-0.3, -0.25) is 0 Å². The maximum atomic E-state index is 7.04. The first-order valence-electron chi connectivity index (χ1n) is 3.61. The Morgan fingerprint density at radius 2 is 1.30 bits per heavy atom. The Hall–Kier alpha value is -0.920. The van der Waals surface area contributed by atoms with Gasteiger partial charge in [0, 0.05) is 12.4 Å². The highest BCUT2D eigenvalue weighted by Gasteiger charge is 2.07. The van der Waals surface area contributed by atoms with E-state index >= 15 is 0 Å². The van der Waals surface area contributed by atoms with Crippen LogP contribution in [-0.4, -0.2) is 12.4 Å². The molecular formula is C8H12N2. The molecule has 0 spiro atoms. The maximum Gasteiger partial charge on any atom is 0.0213 e. The average Bonchev–Trinajstić information content (AvgIpc) is 2.04. The van der Waals surface area contributed by atoms with E-state index in [1.54, 1.807) is 0 Å². The van der Waals surface area contributed by atoms with E-state index in [2.05, 4.69) is 0 Å². The van der Waals surface area contributed by atoms with Crippen LogP contribution in [0.15, 0.2) is 11.1 Å². The second-order valence-corrected chi connectivity index (χ2v) is 2.55. The third kappa shape index (κ3) is 1.32. The number of hydrogen-bond acceptors (Lipinski definition) is 2. The lowest BCUT2D eigenvalue weighted by Crippen LogP contribution is -2.00. The summed E-state index contributed by atoms with van der Waals surface area (Å²) >= 11 is 0. The molecule has 0 saturated carbocycles. The van der Waals surface area contributed by atoms with Gasteiger partial charge < -0.3 is 10.8 Å². The van der Waals surface area contributed by atoms with Gasteiger partial charge >= 0.3 is 0 Å². The summed E-state index contributed by atoms with van der Waals surface area (Å²) in [5.41, 5.74) is 2.11. The fourth-order valence-electron chi connectivity index (χ4n) is 1.28. The number of rotatable bonds is 2. The van der Waals surface area contributed by atoms with E-state index in [1.165, 1.54) is 25.3 Å². The van der Waals surface area contributed by atoms with Gasteiger partial charge in [0.15, 0.2) is 0 Å². The number of allylic oxidation sites excluding steroid dienone is 2. The second kappa shape index (κ2) is 3.30. The van der Waals surface area contributed by atoms with Crippen LogP contribution in [0.4, 0.5) is 0 Å². The van der Waals surface area contributed by atoms with Gasteiger partial charge in [-0.05, 0) is 36.8 Å². The van der Waals surface area contributed by atoms with Gasteiger partial charge in [-0.1, -0.05) is 0 Å². The van der Waals surface area contributed by atoms with E-state index in [0.29, 0.717) is 0 Å². The van der Waals surface area contributed by atoms with Crippen molar-refractivity contribution in [2.45, 2.75) is 25.7 Å². The normalized spacial score (nSPS) is 18.8. The van der Waals surface area contributed by atoms with Gasteiger partial charge in [0.25, 0.3) is 0 Å². The molecule has 54 valence electrons. The van der Waals surface area contributed by atoms with Crippen molar-refractivity contribution in [3.63, 3.8) is 0 Å². The topological polar surface area (TPSA) is 47.7 Å². The van der Waals surface area contributed by atoms with Crippen LogP contribution in [0.3, 0.4) is 0 Å². The summed E-state index contributed by atoms with van der Waals surface area (Å²) in [6.45, 7) is 0. The molecule has 2 N–H and O–H groups in total. The van der Waals surface area contributed by atoms with Crippen LogP contribution in [0.5, 0.6) is 0 Å². The van der Waals surface area contributed by atoms with Gasteiger partial charge in [0.1, 0.15) is 0 Å². The van der Waals surface area contributed by atoms with E-state index in [9.17, 15) is 0 Å². The Morgan fingerprint density at radius 1 is 0.900 bits per heavy atom. The number of hydrogen-bond donors (Lipinski definition) is 2. The minimum absolute atomic E-state index is 0.994. The summed E-state index contributed by atoms with van der Waals surface area (Å²) in [5, 5.41) is 14.1. The first kappa shape index (κ1) is 7.19. The van der Waals surface area contributed by atoms with Crippen LogP contribution in [0.1, 0.15) is 25.7 Å². The minimum Gasteiger partial charge on any atom is -0.308 e. The van der Waals surface area contributed by atoms with E-state index in [1.807, 2.05) is 0 Å². The molecule has 1 aliphatic carbocycles. The first-order valence-corrected chi connectivity index (χ1v) is 3.61. The molecular weight excluding hydrogens is 124 g/mol. The van der Waals surface area contributed by atoms with Crippen molar-refractivity contribution in [2.75, 3.05) is 0 Å². The lowest BCUT2D eigenvalue weighted by molar-refractivity contribution is 0.706. The molecule has 0 amide bonds. The van der Waals surface area contributed by atoms with Gasteiger partial charge in [-0.15, -0.1) is 0 Å². The van der Waals surface area contributed by atoms with Crippen LogP contribution < -0.4 is 0 Å². The van der Waals surface area contributed by atoms with E-state index in [-0.39, 0.29) is 0 Å². The Morgan fingerprint density at radius 3 is 1.60 bits per heavy atom. The average molecular weight is 136 g/mol. The zero-order valence-corrected chi connectivity index (χ0v) is 5.98. The Kier molecular flexibility index (Phi) is 2.37. The van der Waals surface area contributed by atoms with E-state index < -0.39 is 0 Å². The highest BCUT2D eigenvalue weighted by atomic mass is 14.4. The lowest BCUT2D eigenvalue weighted by Gasteiger charge is -2.12. The molecule has 0 fully saturated rings. The lowest BCUT2D eigenvalue weighted by atomic mass is 9.93. The molecule has 0 aromatic rings. The fraction of sp³-hybridized carbons (Fsp3) is 0.500. The molecule has 0 heterocycles. The smallest absolute Gasteiger partial charge is 0.0213 e.